The van der Waals surface area contributed by atoms with Gasteiger partial charge in [0, 0.05) is 37.7 Å². The number of amides is 1. The number of piperidine rings is 1. The van der Waals surface area contributed by atoms with Crippen molar-refractivity contribution in [2.24, 2.45) is 5.92 Å². The third kappa shape index (κ3) is 3.57. The second-order valence-electron chi connectivity index (χ2n) is 6.13. The molecule has 5 nitrogen and oxygen atoms in total. The van der Waals surface area contributed by atoms with E-state index in [0.717, 1.165) is 36.3 Å². The van der Waals surface area contributed by atoms with Gasteiger partial charge >= 0.3 is 0 Å². The summed E-state index contributed by atoms with van der Waals surface area (Å²) in [5, 5.41) is 9.34. The average molecular weight is 326 g/mol. The Morgan fingerprint density at radius 2 is 2.08 bits per heavy atom. The number of ether oxygens (including phenoxy) is 1. The molecule has 3 rings (SSSR count). The molecule has 0 spiro atoms. The fraction of sp³-hybridized carbons (Fsp3) is 0.368. The molecule has 24 heavy (non-hydrogen) atoms. The number of rotatable bonds is 4. The van der Waals surface area contributed by atoms with Gasteiger partial charge in [-0.3, -0.25) is 9.78 Å². The molecular formula is C19H22N2O3. The predicted molar refractivity (Wildman–Crippen MR) is 91.9 cm³/mol. The summed E-state index contributed by atoms with van der Waals surface area (Å²) in [5.41, 5.74) is 2.48. The number of likely N-dealkylation sites (tertiary alicyclic amines) is 1. The Morgan fingerprint density at radius 3 is 2.79 bits per heavy atom. The highest BCUT2D eigenvalue weighted by atomic mass is 16.5. The van der Waals surface area contributed by atoms with Crippen molar-refractivity contribution in [2.45, 2.75) is 12.8 Å². The van der Waals surface area contributed by atoms with Crippen LogP contribution in [0.25, 0.3) is 11.1 Å². The van der Waals surface area contributed by atoms with Gasteiger partial charge in [-0.05, 0) is 42.5 Å². The lowest BCUT2D eigenvalue weighted by Crippen LogP contribution is -2.41. The van der Waals surface area contributed by atoms with E-state index in [1.165, 1.54) is 0 Å². The van der Waals surface area contributed by atoms with Crippen LogP contribution in [-0.4, -0.2) is 47.7 Å². The molecule has 1 aromatic carbocycles. The van der Waals surface area contributed by atoms with Gasteiger partial charge in [-0.2, -0.15) is 0 Å². The van der Waals surface area contributed by atoms with Crippen LogP contribution in [0.5, 0.6) is 5.75 Å². The maximum Gasteiger partial charge on any atom is 0.255 e. The molecule has 0 bridgehead atoms. The van der Waals surface area contributed by atoms with E-state index in [1.807, 2.05) is 35.2 Å². The van der Waals surface area contributed by atoms with Gasteiger partial charge in [0.2, 0.25) is 0 Å². The average Bonchev–Trinajstić information content (AvgIpc) is 2.67. The van der Waals surface area contributed by atoms with Crippen LogP contribution in [0.4, 0.5) is 0 Å². The highest BCUT2D eigenvalue weighted by Crippen LogP contribution is 2.24. The van der Waals surface area contributed by atoms with Crippen LogP contribution in [0.3, 0.4) is 0 Å². The summed E-state index contributed by atoms with van der Waals surface area (Å²) in [6.07, 6.45) is 5.27. The molecule has 0 saturated carbocycles. The number of aliphatic hydroxyl groups excluding tert-OH is 1. The minimum Gasteiger partial charge on any atom is -0.497 e. The fourth-order valence-corrected chi connectivity index (χ4v) is 3.08. The van der Waals surface area contributed by atoms with Crippen LogP contribution >= 0.6 is 0 Å². The van der Waals surface area contributed by atoms with Crippen LogP contribution in [-0.2, 0) is 0 Å². The molecule has 2 heterocycles. The first-order chi connectivity index (χ1) is 11.7. The molecule has 1 fully saturated rings. The predicted octanol–water partition coefficient (Wildman–Crippen LogP) is 2.60. The monoisotopic (exact) mass is 326 g/mol. The highest BCUT2D eigenvalue weighted by Gasteiger charge is 2.24. The summed E-state index contributed by atoms with van der Waals surface area (Å²) in [5.74, 6) is 0.957. The normalized spacial score (nSPS) is 17.6. The van der Waals surface area contributed by atoms with Crippen molar-refractivity contribution in [2.75, 3.05) is 26.8 Å². The number of benzene rings is 1. The zero-order chi connectivity index (χ0) is 16.9. The summed E-state index contributed by atoms with van der Waals surface area (Å²) >= 11 is 0. The summed E-state index contributed by atoms with van der Waals surface area (Å²) in [7, 11) is 1.63. The van der Waals surface area contributed by atoms with Gasteiger partial charge in [0.25, 0.3) is 5.91 Å². The molecular weight excluding hydrogens is 304 g/mol. The summed E-state index contributed by atoms with van der Waals surface area (Å²) < 4.78 is 5.17. The van der Waals surface area contributed by atoms with E-state index in [2.05, 4.69) is 4.98 Å². The third-order valence-electron chi connectivity index (χ3n) is 4.47. The Morgan fingerprint density at radius 1 is 1.29 bits per heavy atom. The lowest BCUT2D eigenvalue weighted by atomic mass is 9.98. The van der Waals surface area contributed by atoms with Crippen molar-refractivity contribution in [3.8, 4) is 16.9 Å². The molecule has 126 valence electrons. The number of carbonyl (C=O) groups is 1. The first kappa shape index (κ1) is 16.5. The van der Waals surface area contributed by atoms with E-state index < -0.39 is 0 Å². The van der Waals surface area contributed by atoms with Crippen LogP contribution in [0.2, 0.25) is 0 Å². The Kier molecular flexibility index (Phi) is 5.11. The van der Waals surface area contributed by atoms with Gasteiger partial charge < -0.3 is 14.7 Å². The van der Waals surface area contributed by atoms with Crippen LogP contribution in [0.1, 0.15) is 23.2 Å². The van der Waals surface area contributed by atoms with E-state index in [9.17, 15) is 9.90 Å². The lowest BCUT2D eigenvalue weighted by Gasteiger charge is -2.31. The molecule has 2 aromatic rings. The number of pyridine rings is 1. The highest BCUT2D eigenvalue weighted by molar-refractivity contribution is 5.95. The molecule has 1 N–H and O–H groups in total. The number of hydrogen-bond acceptors (Lipinski definition) is 4. The zero-order valence-corrected chi connectivity index (χ0v) is 13.8. The summed E-state index contributed by atoms with van der Waals surface area (Å²) in [6, 6.07) is 9.56. The van der Waals surface area contributed by atoms with Crippen molar-refractivity contribution >= 4 is 5.91 Å². The van der Waals surface area contributed by atoms with Gasteiger partial charge in [0.05, 0.1) is 12.7 Å². The number of hydrogen-bond donors (Lipinski definition) is 1. The molecule has 1 saturated heterocycles. The third-order valence-corrected chi connectivity index (χ3v) is 4.47. The van der Waals surface area contributed by atoms with Crippen molar-refractivity contribution in [1.29, 1.82) is 0 Å². The van der Waals surface area contributed by atoms with Gasteiger partial charge in [0.15, 0.2) is 0 Å². The fourth-order valence-electron chi connectivity index (χ4n) is 3.08. The standard InChI is InChI=1S/C19H22N2O3/c1-24-18-6-4-15(5-7-18)16-9-17(11-20-10-16)19(23)21-8-2-3-14(12-21)13-22/h4-7,9-11,14,22H,2-3,8,12-13H2,1H3. The number of aromatic nitrogens is 1. The summed E-state index contributed by atoms with van der Waals surface area (Å²) in [4.78, 5) is 18.8. The molecule has 1 amide bonds. The van der Waals surface area contributed by atoms with Gasteiger partial charge in [0.1, 0.15) is 5.75 Å². The van der Waals surface area contributed by atoms with Crippen molar-refractivity contribution < 1.29 is 14.6 Å². The molecule has 1 aromatic heterocycles. The van der Waals surface area contributed by atoms with Crippen LogP contribution in [0, 0.1) is 5.92 Å². The maximum atomic E-state index is 12.7. The van der Waals surface area contributed by atoms with Gasteiger partial charge in [-0.15, -0.1) is 0 Å². The van der Waals surface area contributed by atoms with Crippen LogP contribution in [0.15, 0.2) is 42.7 Å². The Balaban J connectivity index is 1.80. The SMILES string of the molecule is COc1ccc(-c2cncc(C(=O)N3CCCC(CO)C3)c2)cc1. The van der Waals surface area contributed by atoms with Crippen LogP contribution < -0.4 is 4.74 Å². The second kappa shape index (κ2) is 7.45. The minimum absolute atomic E-state index is 0.0176. The lowest BCUT2D eigenvalue weighted by molar-refractivity contribution is 0.0620. The molecule has 1 aliphatic rings. The second-order valence-corrected chi connectivity index (χ2v) is 6.13. The smallest absolute Gasteiger partial charge is 0.255 e. The molecule has 0 aliphatic carbocycles. The van der Waals surface area contributed by atoms with Crippen molar-refractivity contribution in [1.82, 2.24) is 9.88 Å². The largest absolute Gasteiger partial charge is 0.497 e. The first-order valence-electron chi connectivity index (χ1n) is 8.21. The zero-order valence-electron chi connectivity index (χ0n) is 13.8. The molecule has 1 unspecified atom stereocenters. The topological polar surface area (TPSA) is 62.7 Å². The Bertz CT molecular complexity index is 700. The molecule has 0 radical (unpaired) electrons. The van der Waals surface area contributed by atoms with Crippen molar-refractivity contribution in [3.05, 3.63) is 48.3 Å². The Labute approximate surface area is 141 Å². The van der Waals surface area contributed by atoms with E-state index in [4.69, 9.17) is 4.74 Å². The number of carbonyl (C=O) groups excluding carboxylic acids is 1. The molecule has 5 heteroatoms. The van der Waals surface area contributed by atoms with Crippen molar-refractivity contribution in [3.63, 3.8) is 0 Å². The van der Waals surface area contributed by atoms with E-state index in [0.29, 0.717) is 12.1 Å². The van der Waals surface area contributed by atoms with Gasteiger partial charge in [-0.25, -0.2) is 0 Å². The summed E-state index contributed by atoms with van der Waals surface area (Å²) in [6.45, 7) is 1.48. The number of nitrogens with zero attached hydrogens (tertiary/aromatic N) is 2. The van der Waals surface area contributed by atoms with E-state index in [1.54, 1.807) is 19.5 Å². The number of aliphatic hydroxyl groups is 1. The van der Waals surface area contributed by atoms with Gasteiger partial charge in [-0.1, -0.05) is 12.1 Å². The molecule has 1 aliphatic heterocycles. The number of methoxy groups -OCH3 is 1. The maximum absolute atomic E-state index is 12.7. The van der Waals surface area contributed by atoms with E-state index >= 15 is 0 Å². The quantitative estimate of drug-likeness (QED) is 0.938. The molecule has 1 atom stereocenters. The first-order valence-corrected chi connectivity index (χ1v) is 8.21. The Hall–Kier alpha value is -2.40. The minimum atomic E-state index is -0.0176. The van der Waals surface area contributed by atoms with E-state index in [-0.39, 0.29) is 18.4 Å².